The highest BCUT2D eigenvalue weighted by Gasteiger charge is 2.31. The first-order chi connectivity index (χ1) is 7.77. The number of hydrogen-bond acceptors (Lipinski definition) is 4. The molecular weight excluding hydrogens is 210 g/mol. The first kappa shape index (κ1) is 11.8. The van der Waals surface area contributed by atoms with Crippen molar-refractivity contribution >= 4 is 5.91 Å². The molecule has 92 valence electrons. The second kappa shape index (κ2) is 5.61. The molecule has 2 heterocycles. The summed E-state index contributed by atoms with van der Waals surface area (Å²) in [5.41, 5.74) is 2.44. The number of carbonyl (C=O) groups is 1. The Morgan fingerprint density at radius 2 is 2.12 bits per heavy atom. The molecule has 0 spiro atoms. The number of hydroxylamine groups is 1. The molecule has 0 unspecified atom stereocenters. The summed E-state index contributed by atoms with van der Waals surface area (Å²) >= 11 is 0. The third-order valence-corrected chi connectivity index (χ3v) is 3.07. The summed E-state index contributed by atoms with van der Waals surface area (Å²) in [7, 11) is 0. The Kier molecular flexibility index (Phi) is 4.15. The van der Waals surface area contributed by atoms with Crippen LogP contribution in [0, 0.1) is 5.92 Å². The largest absolute Gasteiger partial charge is 0.368 e. The molecule has 0 radical (unpaired) electrons. The van der Waals surface area contributed by atoms with Crippen LogP contribution in [0.15, 0.2) is 0 Å². The lowest BCUT2D eigenvalue weighted by Crippen LogP contribution is -2.40. The maximum atomic E-state index is 11.7. The average Bonchev–Trinajstić information content (AvgIpc) is 2.74. The fourth-order valence-corrected chi connectivity index (χ4v) is 2.02. The number of carbonyl (C=O) groups excluding carboxylic acids is 1. The van der Waals surface area contributed by atoms with Gasteiger partial charge in [-0.05, 0) is 25.2 Å². The number of ether oxygens (including phenoxy) is 2. The Labute approximate surface area is 95.4 Å². The molecule has 2 saturated heterocycles. The fraction of sp³-hybridized carbons (Fsp3) is 0.909. The second-order valence-corrected chi connectivity index (χ2v) is 4.44. The molecule has 5 nitrogen and oxygen atoms in total. The van der Waals surface area contributed by atoms with Crippen LogP contribution in [0.25, 0.3) is 0 Å². The van der Waals surface area contributed by atoms with Crippen LogP contribution in [0.2, 0.25) is 0 Å². The molecule has 1 amide bonds. The van der Waals surface area contributed by atoms with Crippen molar-refractivity contribution in [3.63, 3.8) is 0 Å². The summed E-state index contributed by atoms with van der Waals surface area (Å²) in [4.78, 5) is 16.9. The Morgan fingerprint density at radius 3 is 2.75 bits per heavy atom. The fourth-order valence-electron chi connectivity index (χ4n) is 2.02. The van der Waals surface area contributed by atoms with Gasteiger partial charge in [-0.15, -0.1) is 0 Å². The smallest absolute Gasteiger partial charge is 0.273 e. The number of amides is 1. The summed E-state index contributed by atoms with van der Waals surface area (Å²) in [5.74, 6) is 0.0649. The van der Waals surface area contributed by atoms with E-state index in [2.05, 4.69) is 5.48 Å². The van der Waals surface area contributed by atoms with Crippen LogP contribution in [0.3, 0.4) is 0 Å². The molecular formula is C11H19NO4. The maximum absolute atomic E-state index is 11.7. The van der Waals surface area contributed by atoms with Crippen LogP contribution in [-0.4, -0.2) is 31.5 Å². The van der Waals surface area contributed by atoms with E-state index < -0.39 is 0 Å². The molecule has 0 aromatic carbocycles. The molecule has 2 rings (SSSR count). The second-order valence-electron chi connectivity index (χ2n) is 4.44. The Hall–Kier alpha value is -0.650. The third-order valence-electron chi connectivity index (χ3n) is 3.07. The summed E-state index contributed by atoms with van der Waals surface area (Å²) in [6.07, 6.45) is 3.24. The Balaban J connectivity index is 1.70. The minimum atomic E-state index is -0.372. The first-order valence-electron chi connectivity index (χ1n) is 5.96. The van der Waals surface area contributed by atoms with Crippen molar-refractivity contribution in [2.75, 3.05) is 13.2 Å². The molecule has 2 aliphatic heterocycles. The van der Waals surface area contributed by atoms with Gasteiger partial charge >= 0.3 is 0 Å². The van der Waals surface area contributed by atoms with Gasteiger partial charge in [0.15, 0.2) is 6.29 Å². The van der Waals surface area contributed by atoms with Crippen molar-refractivity contribution in [3.05, 3.63) is 0 Å². The van der Waals surface area contributed by atoms with E-state index in [0.717, 1.165) is 25.7 Å². The Morgan fingerprint density at radius 1 is 1.25 bits per heavy atom. The van der Waals surface area contributed by atoms with Crippen molar-refractivity contribution in [2.24, 2.45) is 5.92 Å². The van der Waals surface area contributed by atoms with Crippen LogP contribution < -0.4 is 5.48 Å². The van der Waals surface area contributed by atoms with Gasteiger partial charge in [0.2, 0.25) is 0 Å². The van der Waals surface area contributed by atoms with Crippen molar-refractivity contribution < 1.29 is 19.1 Å². The number of nitrogens with one attached hydrogen (secondary N) is 1. The lowest BCUT2D eigenvalue weighted by Gasteiger charge is -2.23. The van der Waals surface area contributed by atoms with Gasteiger partial charge in [-0.3, -0.25) is 4.79 Å². The molecule has 2 fully saturated rings. The van der Waals surface area contributed by atoms with Crippen LogP contribution in [0.1, 0.15) is 32.6 Å². The molecule has 0 bridgehead atoms. The van der Waals surface area contributed by atoms with Gasteiger partial charge < -0.3 is 9.47 Å². The van der Waals surface area contributed by atoms with Crippen LogP contribution >= 0.6 is 0 Å². The quantitative estimate of drug-likeness (QED) is 0.733. The third kappa shape index (κ3) is 2.93. The van der Waals surface area contributed by atoms with Gasteiger partial charge in [-0.1, -0.05) is 6.92 Å². The Bertz CT molecular complexity index is 240. The summed E-state index contributed by atoms with van der Waals surface area (Å²) < 4.78 is 10.7. The van der Waals surface area contributed by atoms with E-state index in [0.29, 0.717) is 13.2 Å². The zero-order chi connectivity index (χ0) is 11.4. The minimum absolute atomic E-state index is 0.195. The predicted octanol–water partition coefficient (Wildman–Crippen LogP) is 0.986. The van der Waals surface area contributed by atoms with E-state index in [4.69, 9.17) is 14.3 Å². The van der Waals surface area contributed by atoms with Gasteiger partial charge in [-0.25, -0.2) is 10.3 Å². The highest BCUT2D eigenvalue weighted by atomic mass is 16.8. The normalized spacial score (nSPS) is 34.9. The van der Waals surface area contributed by atoms with Crippen LogP contribution in [0.5, 0.6) is 0 Å². The van der Waals surface area contributed by atoms with Crippen molar-refractivity contribution in [3.8, 4) is 0 Å². The van der Waals surface area contributed by atoms with Gasteiger partial charge in [-0.2, -0.15) is 0 Å². The minimum Gasteiger partial charge on any atom is -0.368 e. The monoisotopic (exact) mass is 229 g/mol. The molecule has 0 aromatic rings. The standard InChI is InChI=1S/C11H19NO4/c1-8-5-7-15-10(8)11(13)12-16-9-4-2-3-6-14-9/h8-10H,2-7H2,1H3,(H,12,13)/t8-,9+,10+/m1/s1. The molecule has 3 atom stereocenters. The van der Waals surface area contributed by atoms with Crippen molar-refractivity contribution in [2.45, 2.75) is 45.0 Å². The van der Waals surface area contributed by atoms with E-state index in [1.807, 2.05) is 6.92 Å². The highest BCUT2D eigenvalue weighted by Crippen LogP contribution is 2.20. The van der Waals surface area contributed by atoms with Gasteiger partial charge in [0.05, 0.1) is 0 Å². The zero-order valence-corrected chi connectivity index (χ0v) is 9.61. The molecule has 16 heavy (non-hydrogen) atoms. The van der Waals surface area contributed by atoms with Crippen molar-refractivity contribution in [1.29, 1.82) is 0 Å². The SMILES string of the molecule is C[C@@H]1CCO[C@@H]1C(=O)NO[C@H]1CCCCO1. The van der Waals surface area contributed by atoms with E-state index >= 15 is 0 Å². The van der Waals surface area contributed by atoms with Crippen molar-refractivity contribution in [1.82, 2.24) is 5.48 Å². The lowest BCUT2D eigenvalue weighted by atomic mass is 10.0. The van der Waals surface area contributed by atoms with Gasteiger partial charge in [0, 0.05) is 19.6 Å². The lowest BCUT2D eigenvalue weighted by molar-refractivity contribution is -0.204. The van der Waals surface area contributed by atoms with E-state index in [-0.39, 0.29) is 24.2 Å². The molecule has 2 aliphatic rings. The zero-order valence-electron chi connectivity index (χ0n) is 9.61. The highest BCUT2D eigenvalue weighted by molar-refractivity contribution is 5.80. The maximum Gasteiger partial charge on any atom is 0.273 e. The summed E-state index contributed by atoms with van der Waals surface area (Å²) in [6, 6.07) is 0. The predicted molar refractivity (Wildman–Crippen MR) is 56.3 cm³/mol. The van der Waals surface area contributed by atoms with E-state index in [1.54, 1.807) is 0 Å². The van der Waals surface area contributed by atoms with Crippen LogP contribution in [-0.2, 0) is 19.1 Å². The topological polar surface area (TPSA) is 56.8 Å². The molecule has 5 heteroatoms. The summed E-state index contributed by atoms with van der Waals surface area (Å²) in [6.45, 7) is 3.37. The van der Waals surface area contributed by atoms with E-state index in [1.165, 1.54) is 0 Å². The molecule has 0 saturated carbocycles. The molecule has 0 aromatic heterocycles. The average molecular weight is 229 g/mol. The summed E-state index contributed by atoms with van der Waals surface area (Å²) in [5, 5.41) is 0. The first-order valence-corrected chi connectivity index (χ1v) is 5.96. The number of hydrogen-bond donors (Lipinski definition) is 1. The van der Waals surface area contributed by atoms with Gasteiger partial charge in [0.1, 0.15) is 6.10 Å². The molecule has 0 aliphatic carbocycles. The van der Waals surface area contributed by atoms with E-state index in [9.17, 15) is 4.79 Å². The number of rotatable bonds is 3. The van der Waals surface area contributed by atoms with Gasteiger partial charge in [0.25, 0.3) is 5.91 Å². The van der Waals surface area contributed by atoms with Crippen LogP contribution in [0.4, 0.5) is 0 Å². The molecule has 1 N–H and O–H groups in total.